The van der Waals surface area contributed by atoms with Gasteiger partial charge in [-0.15, -0.1) is 5.10 Å². The second kappa shape index (κ2) is 8.66. The van der Waals surface area contributed by atoms with E-state index in [4.69, 9.17) is 11.6 Å². The molecule has 0 bridgehead atoms. The minimum absolute atomic E-state index is 0.0127. The third kappa shape index (κ3) is 4.75. The molecule has 8 nitrogen and oxygen atoms in total. The highest BCUT2D eigenvalue weighted by Gasteiger charge is 2.26. The Hall–Kier alpha value is -2.20. The van der Waals surface area contributed by atoms with Crippen molar-refractivity contribution in [1.82, 2.24) is 30.0 Å². The molecule has 0 saturated carbocycles. The van der Waals surface area contributed by atoms with Gasteiger partial charge in [0, 0.05) is 50.4 Å². The van der Waals surface area contributed by atoms with Crippen molar-refractivity contribution in [3.05, 3.63) is 34.6 Å². The normalized spacial score (nSPS) is 14.5. The topological polar surface area (TPSA) is 84.2 Å². The molecular formula is C16H18ClFN6O2S. The number of carbonyl (C=O) groups is 2. The van der Waals surface area contributed by atoms with Gasteiger partial charge in [0.25, 0.3) is 5.91 Å². The van der Waals surface area contributed by atoms with E-state index < -0.39 is 11.7 Å². The smallest absolute Gasteiger partial charge is 0.257 e. The third-order valence-electron chi connectivity index (χ3n) is 4.21. The van der Waals surface area contributed by atoms with Crippen molar-refractivity contribution in [2.45, 2.75) is 11.6 Å². The maximum absolute atomic E-state index is 13.9. The zero-order chi connectivity index (χ0) is 19.4. The number of halogens is 2. The fourth-order valence-electron chi connectivity index (χ4n) is 2.72. The molecule has 1 aliphatic heterocycles. The van der Waals surface area contributed by atoms with E-state index in [0.717, 1.165) is 0 Å². The lowest BCUT2D eigenvalue weighted by Gasteiger charge is -2.35. The Morgan fingerprint density at radius 1 is 1.22 bits per heavy atom. The van der Waals surface area contributed by atoms with Crippen molar-refractivity contribution in [3.8, 4) is 0 Å². The second-order valence-corrected chi connectivity index (χ2v) is 7.48. The molecule has 1 aromatic carbocycles. The van der Waals surface area contributed by atoms with Crippen LogP contribution in [0, 0.1) is 5.82 Å². The SMILES string of the molecule is Cn1nnnc1SCCC(=O)N1CCN(C(=O)c2cc(Cl)ccc2F)CC1. The summed E-state index contributed by atoms with van der Waals surface area (Å²) in [5.41, 5.74) is -0.0454. The first kappa shape index (κ1) is 19.6. The summed E-state index contributed by atoms with van der Waals surface area (Å²) in [6, 6.07) is 3.91. The van der Waals surface area contributed by atoms with Crippen molar-refractivity contribution in [1.29, 1.82) is 0 Å². The first-order chi connectivity index (χ1) is 13.0. The van der Waals surface area contributed by atoms with Gasteiger partial charge in [-0.25, -0.2) is 9.07 Å². The van der Waals surface area contributed by atoms with Gasteiger partial charge in [0.2, 0.25) is 11.1 Å². The number of benzene rings is 1. The highest BCUT2D eigenvalue weighted by Crippen LogP contribution is 2.18. The summed E-state index contributed by atoms with van der Waals surface area (Å²) in [5.74, 6) is -0.427. The molecule has 2 aromatic rings. The van der Waals surface area contributed by atoms with Crippen LogP contribution in [-0.4, -0.2) is 73.8 Å². The summed E-state index contributed by atoms with van der Waals surface area (Å²) in [7, 11) is 1.74. The molecule has 0 spiro atoms. The predicted octanol–water partition coefficient (Wildman–Crippen LogP) is 1.47. The number of hydrogen-bond acceptors (Lipinski definition) is 6. The van der Waals surface area contributed by atoms with Gasteiger partial charge in [0.15, 0.2) is 0 Å². The van der Waals surface area contributed by atoms with Crippen molar-refractivity contribution < 1.29 is 14.0 Å². The van der Waals surface area contributed by atoms with Crippen LogP contribution in [0.5, 0.6) is 0 Å². The summed E-state index contributed by atoms with van der Waals surface area (Å²) in [4.78, 5) is 28.1. The molecule has 0 unspecified atom stereocenters. The summed E-state index contributed by atoms with van der Waals surface area (Å²) < 4.78 is 15.4. The Kier molecular flexibility index (Phi) is 6.27. The molecule has 0 radical (unpaired) electrons. The second-order valence-electron chi connectivity index (χ2n) is 5.98. The number of thioether (sulfide) groups is 1. The molecule has 1 aromatic heterocycles. The van der Waals surface area contributed by atoms with Crippen LogP contribution in [0.3, 0.4) is 0 Å². The molecule has 3 rings (SSSR count). The highest BCUT2D eigenvalue weighted by atomic mass is 35.5. The lowest BCUT2D eigenvalue weighted by molar-refractivity contribution is -0.132. The standard InChI is InChI=1S/C16H18ClFN6O2S/c1-22-16(19-20-21-22)27-9-4-14(25)23-5-7-24(8-6-23)15(26)12-10-11(17)2-3-13(12)18/h2-3,10H,4-9H2,1H3. The number of nitrogens with zero attached hydrogens (tertiary/aromatic N) is 6. The Morgan fingerprint density at radius 2 is 1.93 bits per heavy atom. The molecule has 2 heterocycles. The summed E-state index contributed by atoms with van der Waals surface area (Å²) in [6.07, 6.45) is 0.356. The molecular weight excluding hydrogens is 395 g/mol. The van der Waals surface area contributed by atoms with Crippen LogP contribution >= 0.6 is 23.4 Å². The zero-order valence-electron chi connectivity index (χ0n) is 14.6. The van der Waals surface area contributed by atoms with E-state index in [0.29, 0.717) is 48.5 Å². The zero-order valence-corrected chi connectivity index (χ0v) is 16.2. The number of rotatable bonds is 5. The Morgan fingerprint density at radius 3 is 2.59 bits per heavy atom. The predicted molar refractivity (Wildman–Crippen MR) is 98.0 cm³/mol. The number of aryl methyl sites for hydroxylation is 1. The molecule has 2 amide bonds. The molecule has 0 aliphatic carbocycles. The van der Waals surface area contributed by atoms with Crippen molar-refractivity contribution >= 4 is 35.2 Å². The lowest BCUT2D eigenvalue weighted by Crippen LogP contribution is -2.50. The minimum atomic E-state index is -0.599. The van der Waals surface area contributed by atoms with Crippen LogP contribution in [0.15, 0.2) is 23.4 Å². The largest absolute Gasteiger partial charge is 0.339 e. The van der Waals surface area contributed by atoms with Crippen LogP contribution in [0.25, 0.3) is 0 Å². The first-order valence-electron chi connectivity index (χ1n) is 8.33. The van der Waals surface area contributed by atoms with E-state index >= 15 is 0 Å². The summed E-state index contributed by atoms with van der Waals surface area (Å²) in [6.45, 7) is 1.56. The maximum atomic E-state index is 13.9. The van der Waals surface area contributed by atoms with Gasteiger partial charge in [-0.3, -0.25) is 9.59 Å². The molecule has 0 atom stereocenters. The Bertz CT molecular complexity index is 840. The van der Waals surface area contributed by atoms with Gasteiger partial charge in [0.05, 0.1) is 5.56 Å². The quantitative estimate of drug-likeness (QED) is 0.691. The van der Waals surface area contributed by atoms with Gasteiger partial charge in [-0.1, -0.05) is 23.4 Å². The van der Waals surface area contributed by atoms with Crippen LogP contribution in [0.4, 0.5) is 4.39 Å². The maximum Gasteiger partial charge on any atom is 0.257 e. The van der Waals surface area contributed by atoms with E-state index in [2.05, 4.69) is 15.5 Å². The van der Waals surface area contributed by atoms with Crippen LogP contribution in [0.1, 0.15) is 16.8 Å². The minimum Gasteiger partial charge on any atom is -0.339 e. The van der Waals surface area contributed by atoms with Gasteiger partial charge in [-0.05, 0) is 28.6 Å². The molecule has 1 saturated heterocycles. The fourth-order valence-corrected chi connectivity index (χ4v) is 3.67. The number of amides is 2. The van der Waals surface area contributed by atoms with Gasteiger partial charge < -0.3 is 9.80 Å². The molecule has 144 valence electrons. The molecule has 27 heavy (non-hydrogen) atoms. The number of carbonyl (C=O) groups excluding carboxylic acids is 2. The molecule has 1 aliphatic rings. The van der Waals surface area contributed by atoms with Crippen LogP contribution in [-0.2, 0) is 11.8 Å². The van der Waals surface area contributed by atoms with Gasteiger partial charge in [0.1, 0.15) is 5.82 Å². The van der Waals surface area contributed by atoms with Crippen molar-refractivity contribution in [2.75, 3.05) is 31.9 Å². The number of aromatic nitrogens is 4. The monoisotopic (exact) mass is 412 g/mol. The summed E-state index contributed by atoms with van der Waals surface area (Å²) >= 11 is 7.27. The number of tetrazole rings is 1. The van der Waals surface area contributed by atoms with Crippen LogP contribution in [0.2, 0.25) is 5.02 Å². The molecule has 11 heteroatoms. The number of piperazine rings is 1. The average molecular weight is 413 g/mol. The number of hydrogen-bond donors (Lipinski definition) is 0. The van der Waals surface area contributed by atoms with E-state index in [1.165, 1.54) is 30.0 Å². The summed E-state index contributed by atoms with van der Waals surface area (Å²) in [5, 5.41) is 12.1. The van der Waals surface area contributed by atoms with E-state index in [9.17, 15) is 14.0 Å². The van der Waals surface area contributed by atoms with Crippen molar-refractivity contribution in [2.24, 2.45) is 7.05 Å². The Labute approximate surface area is 164 Å². The lowest BCUT2D eigenvalue weighted by atomic mass is 10.1. The van der Waals surface area contributed by atoms with Crippen LogP contribution < -0.4 is 0 Å². The van der Waals surface area contributed by atoms with E-state index in [1.54, 1.807) is 21.5 Å². The fraction of sp³-hybridized carbons (Fsp3) is 0.438. The average Bonchev–Trinajstić information content (AvgIpc) is 3.08. The van der Waals surface area contributed by atoms with Gasteiger partial charge in [-0.2, -0.15) is 0 Å². The van der Waals surface area contributed by atoms with E-state index in [-0.39, 0.29) is 11.5 Å². The van der Waals surface area contributed by atoms with E-state index in [1.807, 2.05) is 0 Å². The van der Waals surface area contributed by atoms with Crippen molar-refractivity contribution in [3.63, 3.8) is 0 Å². The highest BCUT2D eigenvalue weighted by molar-refractivity contribution is 7.99. The first-order valence-corrected chi connectivity index (χ1v) is 9.69. The molecule has 1 fully saturated rings. The third-order valence-corrected chi connectivity index (χ3v) is 5.45. The molecule has 0 N–H and O–H groups in total. The Balaban J connectivity index is 1.48. The van der Waals surface area contributed by atoms with Gasteiger partial charge >= 0.3 is 0 Å².